The summed E-state index contributed by atoms with van der Waals surface area (Å²) in [6.07, 6.45) is 1.08. The Morgan fingerprint density at radius 1 is 1.45 bits per heavy atom. The van der Waals surface area contributed by atoms with Crippen LogP contribution in [-0.4, -0.2) is 28.5 Å². The van der Waals surface area contributed by atoms with Crippen LogP contribution >= 0.6 is 23.4 Å². The van der Waals surface area contributed by atoms with E-state index in [4.69, 9.17) is 16.7 Å². The SMILES string of the molecule is CCC(C)CSCC(=O)Nc1cc(C(=O)O)ccc1Cl. The normalized spacial score (nSPS) is 11.9. The lowest BCUT2D eigenvalue weighted by molar-refractivity contribution is -0.113. The Kier molecular flexibility index (Phi) is 6.88. The predicted octanol–water partition coefficient (Wildman–Crippen LogP) is 3.76. The standard InChI is InChI=1S/C14H18ClNO3S/c1-3-9(2)7-20-8-13(17)16-12-6-10(14(18)19)4-5-11(12)15/h4-6,9H,3,7-8H2,1-2H3,(H,16,17)(H,18,19). The number of carbonyl (C=O) groups excluding carboxylic acids is 1. The van der Waals surface area contributed by atoms with Crippen molar-refractivity contribution in [2.75, 3.05) is 16.8 Å². The van der Waals surface area contributed by atoms with E-state index in [1.807, 2.05) is 0 Å². The first kappa shape index (κ1) is 16.9. The molecule has 0 aliphatic heterocycles. The summed E-state index contributed by atoms with van der Waals surface area (Å²) < 4.78 is 0. The van der Waals surface area contributed by atoms with Crippen LogP contribution in [0.2, 0.25) is 5.02 Å². The van der Waals surface area contributed by atoms with Gasteiger partial charge in [-0.05, 0) is 29.9 Å². The van der Waals surface area contributed by atoms with Gasteiger partial charge in [-0.3, -0.25) is 4.79 Å². The number of nitrogens with one attached hydrogen (secondary N) is 1. The number of benzene rings is 1. The maximum absolute atomic E-state index is 11.8. The number of hydrogen-bond acceptors (Lipinski definition) is 3. The van der Waals surface area contributed by atoms with E-state index in [1.54, 1.807) is 11.8 Å². The summed E-state index contributed by atoms with van der Waals surface area (Å²) in [7, 11) is 0. The van der Waals surface area contributed by atoms with Gasteiger partial charge >= 0.3 is 5.97 Å². The number of carboxylic acids is 1. The zero-order chi connectivity index (χ0) is 15.1. The van der Waals surface area contributed by atoms with Crippen LogP contribution in [-0.2, 0) is 4.79 Å². The molecule has 0 spiro atoms. The van der Waals surface area contributed by atoms with E-state index < -0.39 is 5.97 Å². The van der Waals surface area contributed by atoms with Gasteiger partial charge in [0.1, 0.15) is 0 Å². The van der Waals surface area contributed by atoms with E-state index in [1.165, 1.54) is 18.2 Å². The third kappa shape index (κ3) is 5.43. The van der Waals surface area contributed by atoms with E-state index in [2.05, 4.69) is 19.2 Å². The fourth-order valence-electron chi connectivity index (χ4n) is 1.41. The van der Waals surface area contributed by atoms with Gasteiger partial charge in [-0.25, -0.2) is 4.79 Å². The highest BCUT2D eigenvalue weighted by atomic mass is 35.5. The molecule has 1 atom stereocenters. The molecule has 0 bridgehead atoms. The van der Waals surface area contributed by atoms with E-state index in [9.17, 15) is 9.59 Å². The first-order chi connectivity index (χ1) is 9.43. The summed E-state index contributed by atoms with van der Waals surface area (Å²) in [5.74, 6) is 0.600. The van der Waals surface area contributed by atoms with Gasteiger partial charge in [0.2, 0.25) is 5.91 Å². The van der Waals surface area contributed by atoms with Gasteiger partial charge in [-0.2, -0.15) is 11.8 Å². The highest BCUT2D eigenvalue weighted by Crippen LogP contribution is 2.23. The number of thioether (sulfide) groups is 1. The average molecular weight is 316 g/mol. The topological polar surface area (TPSA) is 66.4 Å². The smallest absolute Gasteiger partial charge is 0.335 e. The van der Waals surface area contributed by atoms with Crippen molar-refractivity contribution in [1.29, 1.82) is 0 Å². The molecule has 4 nitrogen and oxygen atoms in total. The number of anilines is 1. The largest absolute Gasteiger partial charge is 0.478 e. The Hall–Kier alpha value is -1.20. The number of rotatable bonds is 7. The molecule has 2 N–H and O–H groups in total. The van der Waals surface area contributed by atoms with Crippen LogP contribution < -0.4 is 5.32 Å². The van der Waals surface area contributed by atoms with Crippen molar-refractivity contribution in [2.45, 2.75) is 20.3 Å². The number of halogens is 1. The van der Waals surface area contributed by atoms with Gasteiger partial charge in [0.15, 0.2) is 0 Å². The van der Waals surface area contributed by atoms with Crippen LogP contribution in [0, 0.1) is 5.92 Å². The maximum Gasteiger partial charge on any atom is 0.335 e. The van der Waals surface area contributed by atoms with Gasteiger partial charge < -0.3 is 10.4 Å². The lowest BCUT2D eigenvalue weighted by Gasteiger charge is -2.10. The summed E-state index contributed by atoms with van der Waals surface area (Å²) in [4.78, 5) is 22.6. The third-order valence-electron chi connectivity index (χ3n) is 2.82. The van der Waals surface area contributed by atoms with Crippen molar-refractivity contribution in [2.24, 2.45) is 5.92 Å². The summed E-state index contributed by atoms with van der Waals surface area (Å²) in [5, 5.41) is 11.9. The Balaban J connectivity index is 2.57. The molecule has 1 aromatic carbocycles. The molecule has 1 amide bonds. The second kappa shape index (κ2) is 8.17. The van der Waals surface area contributed by atoms with Gasteiger partial charge in [0.05, 0.1) is 22.0 Å². The van der Waals surface area contributed by atoms with Gasteiger partial charge in [0.25, 0.3) is 0 Å². The molecule has 0 aromatic heterocycles. The molecule has 0 saturated heterocycles. The Bertz CT molecular complexity index is 493. The molecule has 0 radical (unpaired) electrons. The van der Waals surface area contributed by atoms with Crippen LogP contribution in [0.5, 0.6) is 0 Å². The Morgan fingerprint density at radius 3 is 2.75 bits per heavy atom. The molecular formula is C14H18ClNO3S. The van der Waals surface area contributed by atoms with Crippen LogP contribution in [0.3, 0.4) is 0 Å². The summed E-state index contributed by atoms with van der Waals surface area (Å²) in [5.41, 5.74) is 0.428. The number of hydrogen-bond donors (Lipinski definition) is 2. The van der Waals surface area contributed by atoms with E-state index in [0.717, 1.165) is 12.2 Å². The Morgan fingerprint density at radius 2 is 2.15 bits per heavy atom. The summed E-state index contributed by atoms with van der Waals surface area (Å²) in [6, 6.07) is 4.23. The lowest BCUT2D eigenvalue weighted by atomic mass is 10.2. The fraction of sp³-hybridized carbons (Fsp3) is 0.429. The quantitative estimate of drug-likeness (QED) is 0.804. The number of amides is 1. The lowest BCUT2D eigenvalue weighted by Crippen LogP contribution is -2.15. The molecule has 0 aliphatic carbocycles. The third-order valence-corrected chi connectivity index (χ3v) is 4.42. The summed E-state index contributed by atoms with van der Waals surface area (Å²) >= 11 is 7.50. The van der Waals surface area contributed by atoms with E-state index in [-0.39, 0.29) is 11.5 Å². The van der Waals surface area contributed by atoms with Crippen LogP contribution in [0.15, 0.2) is 18.2 Å². The fourth-order valence-corrected chi connectivity index (χ4v) is 2.59. The predicted molar refractivity (Wildman–Crippen MR) is 83.8 cm³/mol. The molecule has 0 fully saturated rings. The summed E-state index contributed by atoms with van der Waals surface area (Å²) in [6.45, 7) is 4.25. The highest BCUT2D eigenvalue weighted by molar-refractivity contribution is 7.99. The minimum atomic E-state index is -1.05. The Labute approximate surface area is 127 Å². The maximum atomic E-state index is 11.8. The average Bonchev–Trinajstić information content (AvgIpc) is 2.40. The van der Waals surface area contributed by atoms with Gasteiger partial charge in [-0.1, -0.05) is 31.9 Å². The minimum absolute atomic E-state index is 0.0944. The number of aromatic carboxylic acids is 1. The molecular weight excluding hydrogens is 298 g/mol. The van der Waals surface area contributed by atoms with Crippen molar-refractivity contribution in [3.63, 3.8) is 0 Å². The molecule has 0 aliphatic rings. The molecule has 20 heavy (non-hydrogen) atoms. The molecule has 0 saturated carbocycles. The zero-order valence-electron chi connectivity index (χ0n) is 11.5. The molecule has 1 aromatic rings. The van der Waals surface area contributed by atoms with Crippen LogP contribution in [0.4, 0.5) is 5.69 Å². The van der Waals surface area contributed by atoms with Crippen molar-refractivity contribution in [1.82, 2.24) is 0 Å². The molecule has 0 heterocycles. The minimum Gasteiger partial charge on any atom is -0.478 e. The van der Waals surface area contributed by atoms with Crippen LogP contribution in [0.25, 0.3) is 0 Å². The number of carboxylic acid groups (broad SMARTS) is 1. The zero-order valence-corrected chi connectivity index (χ0v) is 13.1. The van der Waals surface area contributed by atoms with E-state index >= 15 is 0 Å². The van der Waals surface area contributed by atoms with Crippen molar-refractivity contribution in [3.8, 4) is 0 Å². The first-order valence-electron chi connectivity index (χ1n) is 6.34. The van der Waals surface area contributed by atoms with Gasteiger partial charge in [-0.15, -0.1) is 0 Å². The molecule has 1 rings (SSSR count). The first-order valence-corrected chi connectivity index (χ1v) is 7.87. The highest BCUT2D eigenvalue weighted by Gasteiger charge is 2.10. The number of carbonyl (C=O) groups is 2. The van der Waals surface area contributed by atoms with Crippen LogP contribution in [0.1, 0.15) is 30.6 Å². The van der Waals surface area contributed by atoms with Crippen molar-refractivity contribution in [3.05, 3.63) is 28.8 Å². The molecule has 6 heteroatoms. The monoisotopic (exact) mass is 315 g/mol. The molecule has 1 unspecified atom stereocenters. The molecule has 110 valence electrons. The van der Waals surface area contributed by atoms with Gasteiger partial charge in [0, 0.05) is 0 Å². The second-order valence-electron chi connectivity index (χ2n) is 4.58. The second-order valence-corrected chi connectivity index (χ2v) is 6.01. The van der Waals surface area contributed by atoms with E-state index in [0.29, 0.717) is 22.4 Å². The van der Waals surface area contributed by atoms with Crippen molar-refractivity contribution < 1.29 is 14.7 Å². The van der Waals surface area contributed by atoms with Crippen molar-refractivity contribution >= 4 is 40.9 Å².